The van der Waals surface area contributed by atoms with Gasteiger partial charge in [0.05, 0.1) is 0 Å². The second-order valence-corrected chi connectivity index (χ2v) is 4.27. The van der Waals surface area contributed by atoms with Crippen molar-refractivity contribution in [1.29, 1.82) is 0 Å². The van der Waals surface area contributed by atoms with Crippen molar-refractivity contribution >= 4 is 23.1 Å². The summed E-state index contributed by atoms with van der Waals surface area (Å²) >= 11 is 0. The summed E-state index contributed by atoms with van der Waals surface area (Å²) in [6, 6.07) is 8.29. The summed E-state index contributed by atoms with van der Waals surface area (Å²) in [4.78, 5) is 0. The van der Waals surface area contributed by atoms with E-state index in [1.54, 1.807) is 0 Å². The van der Waals surface area contributed by atoms with Crippen LogP contribution in [0.5, 0.6) is 0 Å². The van der Waals surface area contributed by atoms with Crippen molar-refractivity contribution in [2.45, 2.75) is 48.0 Å². The largest absolute Gasteiger partial charge is 0.456 e. The van der Waals surface area contributed by atoms with Crippen molar-refractivity contribution < 1.29 is 4.42 Å². The van der Waals surface area contributed by atoms with Gasteiger partial charge in [-0.1, -0.05) is 65.8 Å². The Morgan fingerprint density at radius 1 is 0.850 bits per heavy atom. The molecule has 1 nitrogen and oxygen atoms in total. The lowest BCUT2D eigenvalue weighted by Gasteiger charge is -1.90. The summed E-state index contributed by atoms with van der Waals surface area (Å²) < 4.78 is 5.80. The number of fused-ring (bicyclic) bond motifs is 4. The molecule has 2 unspecified atom stereocenters. The number of para-hydroxylation sites is 1. The van der Waals surface area contributed by atoms with Gasteiger partial charge in [0.25, 0.3) is 0 Å². The Hall–Kier alpha value is -1.50. The number of hydrogen-bond acceptors (Lipinski definition) is 1. The first kappa shape index (κ1) is 16.6. The molecule has 4 rings (SSSR count). The van der Waals surface area contributed by atoms with Crippen LogP contribution in [0.15, 0.2) is 28.7 Å². The number of benzene rings is 1. The Labute approximate surface area is 123 Å². The molecule has 2 aromatic rings. The fourth-order valence-corrected chi connectivity index (χ4v) is 2.41. The molecule has 0 bridgehead atoms. The van der Waals surface area contributed by atoms with Crippen LogP contribution in [0, 0.1) is 11.8 Å². The van der Waals surface area contributed by atoms with Gasteiger partial charge in [0.15, 0.2) is 0 Å². The van der Waals surface area contributed by atoms with Gasteiger partial charge in [-0.25, -0.2) is 0 Å². The van der Waals surface area contributed by atoms with E-state index in [0.717, 1.165) is 22.8 Å². The van der Waals surface area contributed by atoms with Crippen LogP contribution in [0.2, 0.25) is 0 Å². The third-order valence-corrected chi connectivity index (χ3v) is 3.30. The SMILES string of the molecule is C1=c2oc3ccccc3c2=CC2CC12.CC.CC.CC. The second-order valence-electron chi connectivity index (χ2n) is 4.27. The molecule has 0 radical (unpaired) electrons. The van der Waals surface area contributed by atoms with Gasteiger partial charge in [-0.15, -0.1) is 0 Å². The minimum absolute atomic E-state index is 0.767. The van der Waals surface area contributed by atoms with E-state index >= 15 is 0 Å². The van der Waals surface area contributed by atoms with Gasteiger partial charge in [-0.05, 0) is 30.4 Å². The summed E-state index contributed by atoms with van der Waals surface area (Å²) in [6.07, 6.45) is 5.99. The van der Waals surface area contributed by atoms with Crippen LogP contribution in [-0.4, -0.2) is 0 Å². The molecular formula is C19H28O. The van der Waals surface area contributed by atoms with Crippen molar-refractivity contribution in [2.75, 3.05) is 0 Å². The highest BCUT2D eigenvalue weighted by molar-refractivity contribution is 5.80. The molecule has 20 heavy (non-hydrogen) atoms. The standard InChI is InChI=1S/C13H10O.3C2H6/c1-2-4-12-10(3-1)11-6-8-5-9(8)7-13(11)14-12;3*1-2/h1-4,6-9H,5H2;3*1-2H3. The second kappa shape index (κ2) is 7.94. The van der Waals surface area contributed by atoms with E-state index in [4.69, 9.17) is 4.42 Å². The predicted octanol–water partition coefficient (Wildman–Crippen LogP) is 4.72. The fraction of sp³-hybridized carbons (Fsp3) is 0.474. The molecule has 1 fully saturated rings. The van der Waals surface area contributed by atoms with Gasteiger partial charge < -0.3 is 4.42 Å². The summed E-state index contributed by atoms with van der Waals surface area (Å²) in [6.45, 7) is 12.0. The van der Waals surface area contributed by atoms with Crippen LogP contribution in [0.4, 0.5) is 0 Å². The predicted molar refractivity (Wildman–Crippen MR) is 90.0 cm³/mol. The van der Waals surface area contributed by atoms with Crippen LogP contribution in [0.1, 0.15) is 48.0 Å². The van der Waals surface area contributed by atoms with Gasteiger partial charge >= 0.3 is 0 Å². The topological polar surface area (TPSA) is 13.1 Å². The van der Waals surface area contributed by atoms with Crippen LogP contribution in [-0.2, 0) is 0 Å². The number of rotatable bonds is 0. The Morgan fingerprint density at radius 2 is 1.45 bits per heavy atom. The Balaban J connectivity index is 0.000000300. The molecular weight excluding hydrogens is 244 g/mol. The molecule has 1 aromatic carbocycles. The molecule has 110 valence electrons. The maximum absolute atomic E-state index is 5.80. The maximum atomic E-state index is 5.80. The molecule has 1 heteroatoms. The third-order valence-electron chi connectivity index (χ3n) is 3.30. The normalized spacial score (nSPS) is 20.1. The van der Waals surface area contributed by atoms with E-state index in [-0.39, 0.29) is 0 Å². The van der Waals surface area contributed by atoms with Crippen molar-refractivity contribution in [2.24, 2.45) is 11.8 Å². The first-order valence-electron chi connectivity index (χ1n) is 8.13. The number of furan rings is 1. The van der Waals surface area contributed by atoms with Gasteiger partial charge in [0, 0.05) is 10.6 Å². The minimum atomic E-state index is 0.767. The quantitative estimate of drug-likeness (QED) is 0.676. The molecule has 2 atom stereocenters. The lowest BCUT2D eigenvalue weighted by atomic mass is 10.1. The van der Waals surface area contributed by atoms with Gasteiger partial charge in [-0.3, -0.25) is 0 Å². The van der Waals surface area contributed by atoms with Crippen LogP contribution < -0.4 is 10.6 Å². The summed E-state index contributed by atoms with van der Waals surface area (Å²) in [7, 11) is 0. The number of hydrogen-bond donors (Lipinski definition) is 0. The van der Waals surface area contributed by atoms with E-state index in [9.17, 15) is 0 Å². The molecule has 2 aliphatic carbocycles. The summed E-state index contributed by atoms with van der Waals surface area (Å²) in [5.41, 5.74) is 2.11. The monoisotopic (exact) mass is 272 g/mol. The first-order valence-corrected chi connectivity index (χ1v) is 8.13. The molecule has 1 aromatic heterocycles. The molecule has 1 saturated carbocycles. The van der Waals surface area contributed by atoms with Crippen LogP contribution in [0.3, 0.4) is 0 Å². The Morgan fingerprint density at radius 3 is 2.15 bits per heavy atom. The van der Waals surface area contributed by atoms with Gasteiger partial charge in [0.2, 0.25) is 0 Å². The summed E-state index contributed by atoms with van der Waals surface area (Å²) in [5, 5.41) is 2.59. The van der Waals surface area contributed by atoms with Crippen molar-refractivity contribution in [1.82, 2.24) is 0 Å². The zero-order chi connectivity index (χ0) is 15.1. The zero-order valence-electron chi connectivity index (χ0n) is 13.7. The highest BCUT2D eigenvalue weighted by Gasteiger charge is 2.35. The first-order chi connectivity index (χ1) is 9.92. The van der Waals surface area contributed by atoms with E-state index < -0.39 is 0 Å². The van der Waals surface area contributed by atoms with Crippen molar-refractivity contribution in [3.63, 3.8) is 0 Å². The Bertz CT molecular complexity index is 633. The van der Waals surface area contributed by atoms with Crippen molar-refractivity contribution in [3.8, 4) is 0 Å². The minimum Gasteiger partial charge on any atom is -0.456 e. The molecule has 0 spiro atoms. The molecule has 1 heterocycles. The lowest BCUT2D eigenvalue weighted by molar-refractivity contribution is 0.571. The van der Waals surface area contributed by atoms with E-state index in [0.29, 0.717) is 0 Å². The fourth-order valence-electron chi connectivity index (χ4n) is 2.41. The van der Waals surface area contributed by atoms with Crippen LogP contribution in [0.25, 0.3) is 23.1 Å². The van der Waals surface area contributed by atoms with E-state index in [1.807, 2.05) is 53.7 Å². The summed E-state index contributed by atoms with van der Waals surface area (Å²) in [5.74, 6) is 1.56. The molecule has 0 saturated heterocycles. The molecule has 0 amide bonds. The lowest BCUT2D eigenvalue weighted by Crippen LogP contribution is -2.22. The maximum Gasteiger partial charge on any atom is 0.135 e. The highest BCUT2D eigenvalue weighted by Crippen LogP contribution is 2.42. The average molecular weight is 272 g/mol. The van der Waals surface area contributed by atoms with Crippen LogP contribution >= 0.6 is 0 Å². The van der Waals surface area contributed by atoms with Crippen molar-refractivity contribution in [3.05, 3.63) is 34.9 Å². The van der Waals surface area contributed by atoms with Gasteiger partial charge in [0.1, 0.15) is 11.0 Å². The smallest absolute Gasteiger partial charge is 0.135 e. The molecule has 2 aliphatic rings. The molecule has 0 N–H and O–H groups in total. The Kier molecular flexibility index (Phi) is 6.57. The average Bonchev–Trinajstić information content (AvgIpc) is 3.22. The highest BCUT2D eigenvalue weighted by atomic mass is 16.3. The van der Waals surface area contributed by atoms with Gasteiger partial charge in [-0.2, -0.15) is 0 Å². The third kappa shape index (κ3) is 3.15. The molecule has 0 aliphatic heterocycles. The van der Waals surface area contributed by atoms with E-state index in [2.05, 4.69) is 24.3 Å². The van der Waals surface area contributed by atoms with E-state index in [1.165, 1.54) is 17.0 Å². The zero-order valence-corrected chi connectivity index (χ0v) is 13.7.